The minimum atomic E-state index is -2.75. The average Bonchev–Trinajstić information content (AvgIpc) is 3.00. The highest BCUT2D eigenvalue weighted by Gasteiger charge is 2.43. The number of nitrogens with zero attached hydrogens (tertiary/aromatic N) is 1. The molecule has 1 atom stereocenters. The number of piperidine rings is 1. The number of hydrogen-bond acceptors (Lipinski definition) is 3. The number of carbonyl (C=O) groups excluding carboxylic acids is 1. The monoisotopic (exact) mass is 388 g/mol. The Hall–Kier alpha value is -1.40. The molecule has 7 heteroatoms. The number of amides is 1. The molecule has 4 nitrogen and oxygen atoms in total. The van der Waals surface area contributed by atoms with Crippen LogP contribution in [0.2, 0.25) is 0 Å². The zero-order chi connectivity index (χ0) is 17.9. The van der Waals surface area contributed by atoms with E-state index in [1.165, 1.54) is 5.56 Å². The van der Waals surface area contributed by atoms with Gasteiger partial charge in [0, 0.05) is 19.5 Å². The summed E-state index contributed by atoms with van der Waals surface area (Å²) in [6, 6.07) is 7.40. The number of aryl methyl sites for hydroxylation is 1. The van der Waals surface area contributed by atoms with Crippen LogP contribution >= 0.6 is 12.4 Å². The summed E-state index contributed by atoms with van der Waals surface area (Å²) in [6.07, 6.45) is 3.63. The summed E-state index contributed by atoms with van der Waals surface area (Å²) in [5.41, 5.74) is 1.29. The van der Waals surface area contributed by atoms with Crippen LogP contribution in [0.1, 0.15) is 31.2 Å². The molecule has 1 N–H and O–H groups in total. The highest BCUT2D eigenvalue weighted by molar-refractivity contribution is 5.85. The minimum Gasteiger partial charge on any atom is -0.497 e. The molecule has 2 fully saturated rings. The van der Waals surface area contributed by atoms with E-state index in [-0.39, 0.29) is 31.3 Å². The zero-order valence-electron chi connectivity index (χ0n) is 15.0. The molecule has 1 aromatic rings. The van der Waals surface area contributed by atoms with Crippen molar-refractivity contribution in [1.82, 2.24) is 10.2 Å². The zero-order valence-corrected chi connectivity index (χ0v) is 15.9. The summed E-state index contributed by atoms with van der Waals surface area (Å²) in [5.74, 6) is -1.46. The van der Waals surface area contributed by atoms with Gasteiger partial charge in [0.25, 0.3) is 5.92 Å². The summed E-state index contributed by atoms with van der Waals surface area (Å²) < 4.78 is 31.7. The Balaban J connectivity index is 0.00000243. The Kier molecular flexibility index (Phi) is 7.24. The molecule has 0 spiro atoms. The van der Waals surface area contributed by atoms with Crippen LogP contribution in [0.25, 0.3) is 0 Å². The van der Waals surface area contributed by atoms with Crippen LogP contribution in [0.4, 0.5) is 8.78 Å². The van der Waals surface area contributed by atoms with Crippen molar-refractivity contribution in [2.45, 2.75) is 44.1 Å². The van der Waals surface area contributed by atoms with Crippen molar-refractivity contribution < 1.29 is 18.3 Å². The Labute approximate surface area is 159 Å². The quantitative estimate of drug-likeness (QED) is 0.841. The van der Waals surface area contributed by atoms with Gasteiger partial charge in [-0.3, -0.25) is 10.1 Å². The molecule has 2 saturated heterocycles. The number of likely N-dealkylation sites (tertiary alicyclic amines) is 1. The van der Waals surface area contributed by atoms with E-state index in [4.69, 9.17) is 4.74 Å². The van der Waals surface area contributed by atoms with Gasteiger partial charge in [0.15, 0.2) is 0 Å². The first-order valence-corrected chi connectivity index (χ1v) is 9.00. The summed E-state index contributed by atoms with van der Waals surface area (Å²) in [6.45, 7) is 0.966. The lowest BCUT2D eigenvalue weighted by atomic mass is 9.90. The SMILES string of the molecule is COc1ccc(CCC2CCN(C(=O)C3CC(F)(F)CN3)CC2)cc1.Cl. The Morgan fingerprint density at radius 1 is 1.27 bits per heavy atom. The number of methoxy groups -OCH3 is 1. The summed E-state index contributed by atoms with van der Waals surface area (Å²) >= 11 is 0. The van der Waals surface area contributed by atoms with Gasteiger partial charge in [-0.1, -0.05) is 12.1 Å². The van der Waals surface area contributed by atoms with Gasteiger partial charge in [-0.25, -0.2) is 8.78 Å². The van der Waals surface area contributed by atoms with Crippen molar-refractivity contribution in [2.75, 3.05) is 26.7 Å². The third-order valence-electron chi connectivity index (χ3n) is 5.33. The van der Waals surface area contributed by atoms with Gasteiger partial charge in [0.2, 0.25) is 5.91 Å². The third-order valence-corrected chi connectivity index (χ3v) is 5.33. The first-order valence-electron chi connectivity index (χ1n) is 9.00. The lowest BCUT2D eigenvalue weighted by molar-refractivity contribution is -0.135. The number of hydrogen-bond donors (Lipinski definition) is 1. The highest BCUT2D eigenvalue weighted by atomic mass is 35.5. The van der Waals surface area contributed by atoms with Crippen molar-refractivity contribution >= 4 is 18.3 Å². The van der Waals surface area contributed by atoms with Crippen LogP contribution in [-0.2, 0) is 11.2 Å². The molecule has 0 saturated carbocycles. The van der Waals surface area contributed by atoms with Crippen molar-refractivity contribution in [3.63, 3.8) is 0 Å². The normalized spacial score (nSPS) is 22.7. The first-order chi connectivity index (χ1) is 12.0. The van der Waals surface area contributed by atoms with Gasteiger partial charge < -0.3 is 9.64 Å². The standard InChI is InChI=1S/C19H26F2N2O2.ClH/c1-25-16-6-4-14(5-7-16)2-3-15-8-10-23(11-9-15)18(24)17-12-19(20,21)13-22-17;/h4-7,15,17,22H,2-3,8-13H2,1H3;1H. The molecule has 2 aliphatic rings. The average molecular weight is 389 g/mol. The number of rotatable bonds is 5. The summed E-state index contributed by atoms with van der Waals surface area (Å²) in [4.78, 5) is 14.1. The Morgan fingerprint density at radius 2 is 1.92 bits per heavy atom. The smallest absolute Gasteiger partial charge is 0.262 e. The van der Waals surface area contributed by atoms with Crippen molar-refractivity contribution in [1.29, 1.82) is 0 Å². The predicted octanol–water partition coefficient (Wildman–Crippen LogP) is 3.29. The van der Waals surface area contributed by atoms with Crippen LogP contribution in [0.3, 0.4) is 0 Å². The van der Waals surface area contributed by atoms with Crippen molar-refractivity contribution in [3.8, 4) is 5.75 Å². The Morgan fingerprint density at radius 3 is 2.46 bits per heavy atom. The Bertz CT molecular complexity index is 590. The molecular formula is C19H27ClF2N2O2. The van der Waals surface area contributed by atoms with E-state index in [1.807, 2.05) is 12.1 Å². The number of carbonyl (C=O) groups is 1. The van der Waals surface area contributed by atoms with Gasteiger partial charge in [-0.15, -0.1) is 12.4 Å². The molecule has 2 aliphatic heterocycles. The molecule has 146 valence electrons. The lowest BCUT2D eigenvalue weighted by Gasteiger charge is -2.33. The second-order valence-corrected chi connectivity index (χ2v) is 7.15. The van der Waals surface area contributed by atoms with E-state index < -0.39 is 12.0 Å². The van der Waals surface area contributed by atoms with E-state index in [9.17, 15) is 13.6 Å². The van der Waals surface area contributed by atoms with Crippen LogP contribution in [0.15, 0.2) is 24.3 Å². The minimum absolute atomic E-state index is 0. The second kappa shape index (κ2) is 9.00. The molecule has 0 aliphatic carbocycles. The van der Waals surface area contributed by atoms with E-state index in [0.717, 1.165) is 31.4 Å². The molecule has 0 aromatic heterocycles. The van der Waals surface area contributed by atoms with Crippen LogP contribution < -0.4 is 10.1 Å². The van der Waals surface area contributed by atoms with Gasteiger partial charge in [-0.2, -0.15) is 0 Å². The summed E-state index contributed by atoms with van der Waals surface area (Å²) in [5, 5.41) is 2.66. The summed E-state index contributed by atoms with van der Waals surface area (Å²) in [7, 11) is 1.66. The number of alkyl halides is 2. The number of nitrogens with one attached hydrogen (secondary N) is 1. The highest BCUT2D eigenvalue weighted by Crippen LogP contribution is 2.28. The lowest BCUT2D eigenvalue weighted by Crippen LogP contribution is -2.47. The van der Waals surface area contributed by atoms with Crippen molar-refractivity contribution in [2.24, 2.45) is 5.92 Å². The van der Waals surface area contributed by atoms with Crippen LogP contribution in [0, 0.1) is 5.92 Å². The molecule has 1 amide bonds. The maximum atomic E-state index is 13.3. The third kappa shape index (κ3) is 5.30. The van der Waals surface area contributed by atoms with E-state index in [2.05, 4.69) is 17.4 Å². The van der Waals surface area contributed by atoms with Gasteiger partial charge in [-0.05, 0) is 49.3 Å². The predicted molar refractivity (Wildman–Crippen MR) is 99.2 cm³/mol. The largest absolute Gasteiger partial charge is 0.497 e. The number of benzene rings is 1. The van der Waals surface area contributed by atoms with Crippen LogP contribution in [-0.4, -0.2) is 49.5 Å². The maximum Gasteiger partial charge on any atom is 0.262 e. The molecule has 0 radical (unpaired) electrons. The fraction of sp³-hybridized carbons (Fsp3) is 0.632. The van der Waals surface area contributed by atoms with Gasteiger partial charge in [0.1, 0.15) is 5.75 Å². The van der Waals surface area contributed by atoms with Crippen LogP contribution in [0.5, 0.6) is 5.75 Å². The maximum absolute atomic E-state index is 13.3. The van der Waals surface area contributed by atoms with E-state index in [1.54, 1.807) is 12.0 Å². The molecule has 26 heavy (non-hydrogen) atoms. The number of halogens is 3. The molecule has 2 heterocycles. The molecule has 1 aromatic carbocycles. The molecule has 0 bridgehead atoms. The fourth-order valence-corrected chi connectivity index (χ4v) is 3.72. The first kappa shape index (κ1) is 20.9. The van der Waals surface area contributed by atoms with E-state index >= 15 is 0 Å². The van der Waals surface area contributed by atoms with Crippen molar-refractivity contribution in [3.05, 3.63) is 29.8 Å². The van der Waals surface area contributed by atoms with Gasteiger partial charge in [0.05, 0.1) is 19.7 Å². The molecular weight excluding hydrogens is 362 g/mol. The van der Waals surface area contributed by atoms with Gasteiger partial charge >= 0.3 is 0 Å². The number of ether oxygens (including phenoxy) is 1. The topological polar surface area (TPSA) is 41.6 Å². The fourth-order valence-electron chi connectivity index (χ4n) is 3.72. The molecule has 3 rings (SSSR count). The molecule has 1 unspecified atom stereocenters. The van der Waals surface area contributed by atoms with E-state index in [0.29, 0.717) is 19.0 Å². The second-order valence-electron chi connectivity index (χ2n) is 7.15.